The Morgan fingerprint density at radius 2 is 1.96 bits per heavy atom. The lowest BCUT2D eigenvalue weighted by atomic mass is 10.1. The standard InChI is InChI=1S/C20H18Cl2N2O4/c1-12-4-2-5-14(8-12)23-17(25)11-28-20(27)13-9-18(26)24(10-13)16-7-3-6-15(21)19(16)22/h2-8,13H,9-11H2,1H3,(H,23,25)/t13-/m0/s1. The third-order valence-corrected chi connectivity index (χ3v) is 5.14. The molecule has 0 aromatic heterocycles. The monoisotopic (exact) mass is 420 g/mol. The lowest BCUT2D eigenvalue weighted by molar-refractivity contribution is -0.151. The SMILES string of the molecule is Cc1cccc(NC(=O)COC(=O)[C@H]2CC(=O)N(c3cccc(Cl)c3Cl)C2)c1. The highest BCUT2D eigenvalue weighted by molar-refractivity contribution is 6.44. The number of carbonyl (C=O) groups is 3. The Hall–Kier alpha value is -2.57. The lowest BCUT2D eigenvalue weighted by Crippen LogP contribution is -2.28. The van der Waals surface area contributed by atoms with Gasteiger partial charge in [-0.3, -0.25) is 14.4 Å². The number of benzene rings is 2. The first-order valence-electron chi connectivity index (χ1n) is 8.62. The van der Waals surface area contributed by atoms with Gasteiger partial charge in [-0.05, 0) is 36.8 Å². The van der Waals surface area contributed by atoms with Crippen molar-refractivity contribution in [2.45, 2.75) is 13.3 Å². The van der Waals surface area contributed by atoms with E-state index in [0.717, 1.165) is 5.56 Å². The van der Waals surface area contributed by atoms with Crippen LogP contribution in [0, 0.1) is 12.8 Å². The summed E-state index contributed by atoms with van der Waals surface area (Å²) in [6, 6.07) is 12.2. The molecule has 2 amide bonds. The molecule has 6 nitrogen and oxygen atoms in total. The molecular formula is C20H18Cl2N2O4. The van der Waals surface area contributed by atoms with E-state index in [4.69, 9.17) is 27.9 Å². The molecule has 1 heterocycles. The fourth-order valence-electron chi connectivity index (χ4n) is 2.97. The number of esters is 1. The molecular weight excluding hydrogens is 403 g/mol. The lowest BCUT2D eigenvalue weighted by Gasteiger charge is -2.18. The normalized spacial score (nSPS) is 16.2. The molecule has 1 N–H and O–H groups in total. The van der Waals surface area contributed by atoms with Crippen molar-refractivity contribution >= 4 is 52.4 Å². The Bertz CT molecular complexity index is 932. The van der Waals surface area contributed by atoms with Crippen LogP contribution >= 0.6 is 23.2 Å². The van der Waals surface area contributed by atoms with Crippen LogP contribution in [0.5, 0.6) is 0 Å². The summed E-state index contributed by atoms with van der Waals surface area (Å²) >= 11 is 12.2. The Kier molecular flexibility index (Phi) is 6.21. The molecule has 0 radical (unpaired) electrons. The Morgan fingerprint density at radius 3 is 2.71 bits per heavy atom. The fraction of sp³-hybridized carbons (Fsp3) is 0.250. The van der Waals surface area contributed by atoms with Crippen LogP contribution in [0.1, 0.15) is 12.0 Å². The van der Waals surface area contributed by atoms with Crippen LogP contribution in [-0.4, -0.2) is 30.9 Å². The van der Waals surface area contributed by atoms with Crippen molar-refractivity contribution in [1.29, 1.82) is 0 Å². The van der Waals surface area contributed by atoms with Crippen LogP contribution in [0.4, 0.5) is 11.4 Å². The molecule has 1 aliphatic rings. The average Bonchev–Trinajstić information content (AvgIpc) is 3.04. The van der Waals surface area contributed by atoms with E-state index < -0.39 is 24.4 Å². The molecule has 1 aliphatic heterocycles. The zero-order valence-corrected chi connectivity index (χ0v) is 16.6. The quantitative estimate of drug-likeness (QED) is 0.745. The Balaban J connectivity index is 1.56. The van der Waals surface area contributed by atoms with Gasteiger partial charge in [0.2, 0.25) is 5.91 Å². The first-order chi connectivity index (χ1) is 13.3. The van der Waals surface area contributed by atoms with Gasteiger partial charge in [0.1, 0.15) is 0 Å². The summed E-state index contributed by atoms with van der Waals surface area (Å²) in [5, 5.41) is 3.24. The number of rotatable bonds is 5. The smallest absolute Gasteiger partial charge is 0.311 e. The molecule has 8 heteroatoms. The summed E-state index contributed by atoms with van der Waals surface area (Å²) in [7, 11) is 0. The third-order valence-electron chi connectivity index (χ3n) is 4.33. The summed E-state index contributed by atoms with van der Waals surface area (Å²) in [5.41, 5.74) is 2.07. The number of hydrogen-bond donors (Lipinski definition) is 1. The molecule has 1 atom stereocenters. The number of halogens is 2. The molecule has 1 fully saturated rings. The van der Waals surface area contributed by atoms with Crippen LogP contribution < -0.4 is 10.2 Å². The van der Waals surface area contributed by atoms with E-state index in [9.17, 15) is 14.4 Å². The van der Waals surface area contributed by atoms with E-state index in [1.807, 2.05) is 25.1 Å². The van der Waals surface area contributed by atoms with Crippen molar-refractivity contribution in [2.24, 2.45) is 5.92 Å². The summed E-state index contributed by atoms with van der Waals surface area (Å²) in [6.07, 6.45) is -0.0127. The minimum absolute atomic E-state index is 0.0127. The third kappa shape index (κ3) is 4.64. The molecule has 2 aromatic carbocycles. The number of anilines is 2. The summed E-state index contributed by atoms with van der Waals surface area (Å²) in [6.45, 7) is 1.61. The van der Waals surface area contributed by atoms with Crippen LogP contribution in [-0.2, 0) is 19.1 Å². The number of carbonyl (C=O) groups excluding carboxylic acids is 3. The predicted molar refractivity (Wildman–Crippen MR) is 108 cm³/mol. The minimum atomic E-state index is -0.672. The van der Waals surface area contributed by atoms with Crippen molar-refractivity contribution in [3.8, 4) is 0 Å². The number of aryl methyl sites for hydroxylation is 1. The number of amides is 2. The topological polar surface area (TPSA) is 75.7 Å². The van der Waals surface area contributed by atoms with Gasteiger partial charge in [0.15, 0.2) is 6.61 Å². The van der Waals surface area contributed by atoms with Crippen molar-refractivity contribution in [1.82, 2.24) is 0 Å². The number of nitrogens with one attached hydrogen (secondary N) is 1. The molecule has 28 heavy (non-hydrogen) atoms. The molecule has 2 aromatic rings. The average molecular weight is 421 g/mol. The summed E-state index contributed by atoms with van der Waals surface area (Å²) in [4.78, 5) is 38.0. The highest BCUT2D eigenvalue weighted by Gasteiger charge is 2.37. The van der Waals surface area contributed by atoms with Gasteiger partial charge in [-0.25, -0.2) is 0 Å². The minimum Gasteiger partial charge on any atom is -0.455 e. The molecule has 3 rings (SSSR count). The first kappa shape index (κ1) is 20.2. The zero-order valence-electron chi connectivity index (χ0n) is 15.1. The van der Waals surface area contributed by atoms with E-state index in [1.165, 1.54) is 4.90 Å². The summed E-state index contributed by atoms with van der Waals surface area (Å²) < 4.78 is 5.09. The molecule has 146 valence electrons. The van der Waals surface area contributed by atoms with Crippen LogP contribution in [0.25, 0.3) is 0 Å². The van der Waals surface area contributed by atoms with Gasteiger partial charge in [0.25, 0.3) is 5.91 Å². The van der Waals surface area contributed by atoms with Crippen molar-refractivity contribution in [2.75, 3.05) is 23.4 Å². The van der Waals surface area contributed by atoms with Crippen LogP contribution in [0.15, 0.2) is 42.5 Å². The van der Waals surface area contributed by atoms with Gasteiger partial charge in [0.05, 0.1) is 21.7 Å². The maximum atomic E-state index is 12.3. The molecule has 0 unspecified atom stereocenters. The largest absolute Gasteiger partial charge is 0.455 e. The van der Waals surface area contributed by atoms with Gasteiger partial charge in [-0.1, -0.05) is 41.4 Å². The maximum absolute atomic E-state index is 12.3. The predicted octanol–water partition coefficient (Wildman–Crippen LogP) is 3.84. The Labute approximate surface area is 172 Å². The van der Waals surface area contributed by atoms with E-state index in [1.54, 1.807) is 24.3 Å². The fourth-order valence-corrected chi connectivity index (χ4v) is 3.37. The molecule has 0 spiro atoms. The Morgan fingerprint density at radius 1 is 1.21 bits per heavy atom. The van der Waals surface area contributed by atoms with E-state index in [-0.39, 0.29) is 23.9 Å². The highest BCUT2D eigenvalue weighted by Crippen LogP contribution is 2.35. The number of hydrogen-bond acceptors (Lipinski definition) is 4. The van der Waals surface area contributed by atoms with E-state index in [0.29, 0.717) is 16.4 Å². The first-order valence-corrected chi connectivity index (χ1v) is 9.38. The van der Waals surface area contributed by atoms with Crippen molar-refractivity contribution < 1.29 is 19.1 Å². The van der Waals surface area contributed by atoms with Gasteiger partial charge in [0, 0.05) is 18.7 Å². The molecule has 0 saturated carbocycles. The van der Waals surface area contributed by atoms with E-state index in [2.05, 4.69) is 5.32 Å². The van der Waals surface area contributed by atoms with Gasteiger partial charge >= 0.3 is 5.97 Å². The summed E-state index contributed by atoms with van der Waals surface area (Å²) in [5.74, 6) is -1.98. The van der Waals surface area contributed by atoms with Crippen molar-refractivity contribution in [3.63, 3.8) is 0 Å². The highest BCUT2D eigenvalue weighted by atomic mass is 35.5. The van der Waals surface area contributed by atoms with Gasteiger partial charge in [-0.2, -0.15) is 0 Å². The maximum Gasteiger partial charge on any atom is 0.311 e. The zero-order chi connectivity index (χ0) is 20.3. The number of ether oxygens (including phenoxy) is 1. The van der Waals surface area contributed by atoms with Gasteiger partial charge in [-0.15, -0.1) is 0 Å². The molecule has 0 bridgehead atoms. The number of nitrogens with zero attached hydrogens (tertiary/aromatic N) is 1. The molecule has 1 saturated heterocycles. The second-order valence-corrected chi connectivity index (χ2v) is 7.29. The van der Waals surface area contributed by atoms with Crippen LogP contribution in [0.2, 0.25) is 10.0 Å². The van der Waals surface area contributed by atoms with Crippen LogP contribution in [0.3, 0.4) is 0 Å². The molecule has 0 aliphatic carbocycles. The second kappa shape index (κ2) is 8.63. The van der Waals surface area contributed by atoms with Crippen molar-refractivity contribution in [3.05, 3.63) is 58.1 Å². The van der Waals surface area contributed by atoms with Gasteiger partial charge < -0.3 is 15.0 Å². The second-order valence-electron chi connectivity index (χ2n) is 6.50. The van der Waals surface area contributed by atoms with E-state index >= 15 is 0 Å².